The fourth-order valence-corrected chi connectivity index (χ4v) is 4.81. The van der Waals surface area contributed by atoms with Crippen molar-refractivity contribution in [2.45, 2.75) is 13.2 Å². The average molecular weight is 494 g/mol. The summed E-state index contributed by atoms with van der Waals surface area (Å²) in [5.41, 5.74) is -2.74. The van der Waals surface area contributed by atoms with Crippen LogP contribution in [0.5, 0.6) is 0 Å². The highest BCUT2D eigenvalue weighted by atomic mass is 19.2. The van der Waals surface area contributed by atoms with Gasteiger partial charge in [-0.2, -0.15) is 0 Å². The van der Waals surface area contributed by atoms with E-state index in [-0.39, 0.29) is 11.4 Å². The first kappa shape index (κ1) is 23.9. The van der Waals surface area contributed by atoms with Crippen LogP contribution in [0.4, 0.5) is 49.6 Å². The van der Waals surface area contributed by atoms with E-state index in [0.717, 1.165) is 4.48 Å². The highest BCUT2D eigenvalue weighted by Gasteiger charge is 2.59. The Labute approximate surface area is 186 Å². The zero-order valence-electron chi connectivity index (χ0n) is 17.6. The third-order valence-electron chi connectivity index (χ3n) is 6.27. The van der Waals surface area contributed by atoms with E-state index in [9.17, 15) is 43.9 Å². The minimum atomic E-state index is -3.91. The largest absolute Gasteiger partial charge is 0.415 e. The number of halogens is 10. The van der Waals surface area contributed by atoms with E-state index in [0.29, 0.717) is 5.69 Å². The van der Waals surface area contributed by atoms with Crippen LogP contribution in [0.3, 0.4) is 0 Å². The zero-order chi connectivity index (χ0) is 25.4. The number of pyridine rings is 1. The second-order valence-electron chi connectivity index (χ2n) is 8.28. The quantitative estimate of drug-likeness (QED) is 0.235. The molecule has 13 heteroatoms. The Morgan fingerprint density at radius 1 is 0.618 bits per heavy atom. The first-order valence-corrected chi connectivity index (χ1v) is 9.71. The second kappa shape index (κ2) is 7.64. The summed E-state index contributed by atoms with van der Waals surface area (Å²) in [7, 11) is 3.24. The van der Waals surface area contributed by atoms with Gasteiger partial charge in [-0.05, 0) is 6.32 Å². The lowest BCUT2D eigenvalue weighted by Gasteiger charge is -2.46. The van der Waals surface area contributed by atoms with Gasteiger partial charge in [-0.15, -0.1) is 0 Å². The summed E-state index contributed by atoms with van der Waals surface area (Å²) in [6.45, 7) is 1.30. The van der Waals surface area contributed by atoms with Crippen LogP contribution < -0.4 is 20.3 Å². The van der Waals surface area contributed by atoms with Crippen molar-refractivity contribution in [1.82, 2.24) is 0 Å². The van der Waals surface area contributed by atoms with Crippen LogP contribution in [0, 0.1) is 65.1 Å². The van der Waals surface area contributed by atoms with Gasteiger partial charge in [-0.1, -0.05) is 10.9 Å². The molecule has 0 bridgehead atoms. The predicted molar refractivity (Wildman–Crippen MR) is 102 cm³/mol. The van der Waals surface area contributed by atoms with E-state index in [2.05, 4.69) is 0 Å². The number of aryl methyl sites for hydroxylation is 1. The van der Waals surface area contributed by atoms with Gasteiger partial charge in [0.05, 0.1) is 0 Å². The van der Waals surface area contributed by atoms with Crippen LogP contribution >= 0.6 is 0 Å². The lowest BCUT2D eigenvalue weighted by molar-refractivity contribution is -0.581. The first-order chi connectivity index (χ1) is 15.8. The lowest BCUT2D eigenvalue weighted by Crippen LogP contribution is -2.91. The minimum absolute atomic E-state index is 0.0142. The van der Waals surface area contributed by atoms with Gasteiger partial charge in [-0.25, -0.2) is 43.9 Å². The smallest absolute Gasteiger partial charge is 0.354 e. The minimum Gasteiger partial charge on any atom is -0.415 e. The Bertz CT molecular complexity index is 1240. The Hall–Kier alpha value is -3.25. The molecule has 0 N–H and O–H groups in total. The van der Waals surface area contributed by atoms with Crippen molar-refractivity contribution in [2.75, 3.05) is 19.0 Å². The Morgan fingerprint density at radius 2 is 0.971 bits per heavy atom. The van der Waals surface area contributed by atoms with Gasteiger partial charge < -0.3 is 9.38 Å². The zero-order valence-corrected chi connectivity index (χ0v) is 17.6. The van der Waals surface area contributed by atoms with Crippen molar-refractivity contribution < 1.29 is 48.4 Å². The maximum absolute atomic E-state index is 14.9. The average Bonchev–Trinajstić information content (AvgIpc) is 2.77. The van der Waals surface area contributed by atoms with Crippen LogP contribution in [0.25, 0.3) is 0 Å². The van der Waals surface area contributed by atoms with E-state index < -0.39 is 81.7 Å². The van der Waals surface area contributed by atoms with Gasteiger partial charge in [0, 0.05) is 38.8 Å². The van der Waals surface area contributed by atoms with Gasteiger partial charge in [0.15, 0.2) is 34.9 Å². The standard InChI is InChI=1S/C21H13BF10N2/c1-7-4-8(33(2)3)5-9-6-22(34(7)9,10-12(23)16(27)20(31)17(28)13(10)24)11-14(25)18(29)21(32)19(30)15(11)26/h4-5H,6H2,1-3H3. The van der Waals surface area contributed by atoms with Gasteiger partial charge in [0.25, 0.3) is 0 Å². The van der Waals surface area contributed by atoms with E-state index in [1.807, 2.05) is 0 Å². The van der Waals surface area contributed by atoms with E-state index in [1.165, 1.54) is 19.1 Å². The Morgan fingerprint density at radius 3 is 1.29 bits per heavy atom. The molecule has 2 heterocycles. The number of rotatable bonds is 3. The van der Waals surface area contributed by atoms with Crippen molar-refractivity contribution in [3.8, 4) is 0 Å². The molecule has 180 valence electrons. The molecular weight excluding hydrogens is 481 g/mol. The van der Waals surface area contributed by atoms with Gasteiger partial charge in [-0.3, -0.25) is 0 Å². The fourth-order valence-electron chi connectivity index (χ4n) is 4.81. The Kier molecular flexibility index (Phi) is 5.37. The van der Waals surface area contributed by atoms with Crippen molar-refractivity contribution in [3.05, 3.63) is 81.7 Å². The topological polar surface area (TPSA) is 7.12 Å². The van der Waals surface area contributed by atoms with Gasteiger partial charge >= 0.3 is 6.28 Å². The summed E-state index contributed by atoms with van der Waals surface area (Å²) < 4.78 is 145. The number of fused-ring (bicyclic) bond motifs is 1. The monoisotopic (exact) mass is 494 g/mol. The molecule has 0 atom stereocenters. The predicted octanol–water partition coefficient (Wildman–Crippen LogP) is 3.44. The summed E-state index contributed by atoms with van der Waals surface area (Å²) >= 11 is 0. The van der Waals surface area contributed by atoms with Crippen LogP contribution in [0.2, 0.25) is 0 Å². The molecule has 0 spiro atoms. The summed E-state index contributed by atoms with van der Waals surface area (Å²) in [4.78, 5) is 1.59. The van der Waals surface area contributed by atoms with Crippen LogP contribution in [0.1, 0.15) is 11.4 Å². The van der Waals surface area contributed by atoms with E-state index in [4.69, 9.17) is 0 Å². The number of nitrogens with zero attached hydrogens (tertiary/aromatic N) is 2. The highest BCUT2D eigenvalue weighted by Crippen LogP contribution is 2.30. The van der Waals surface area contributed by atoms with Crippen molar-refractivity contribution in [2.24, 2.45) is 0 Å². The molecule has 0 saturated heterocycles. The number of hydrogen-bond donors (Lipinski definition) is 0. The fraction of sp³-hybridized carbons (Fsp3) is 0.190. The molecule has 0 amide bonds. The van der Waals surface area contributed by atoms with Crippen LogP contribution in [0.15, 0.2) is 12.1 Å². The van der Waals surface area contributed by atoms with Gasteiger partial charge in [0.2, 0.25) is 0 Å². The third-order valence-corrected chi connectivity index (χ3v) is 6.27. The van der Waals surface area contributed by atoms with E-state index in [1.54, 1.807) is 19.0 Å². The van der Waals surface area contributed by atoms with E-state index >= 15 is 0 Å². The van der Waals surface area contributed by atoms with Crippen molar-refractivity contribution in [3.63, 3.8) is 0 Å². The maximum Gasteiger partial charge on any atom is 0.354 e. The van der Waals surface area contributed by atoms with Gasteiger partial charge in [0.1, 0.15) is 34.7 Å². The number of hydrogen-bond acceptors (Lipinski definition) is 1. The molecule has 0 aliphatic carbocycles. The lowest BCUT2D eigenvalue weighted by atomic mass is 9.20. The number of benzene rings is 2. The molecule has 3 aromatic rings. The van der Waals surface area contributed by atoms with Crippen molar-refractivity contribution in [1.29, 1.82) is 0 Å². The number of anilines is 1. The Balaban J connectivity index is 2.23. The molecule has 1 aromatic heterocycles. The molecule has 4 rings (SSSR count). The molecule has 2 nitrogen and oxygen atoms in total. The molecule has 0 unspecified atom stereocenters. The summed E-state index contributed by atoms with van der Waals surface area (Å²) in [6, 6.07) is 2.75. The molecule has 34 heavy (non-hydrogen) atoms. The second-order valence-corrected chi connectivity index (χ2v) is 8.28. The summed E-state index contributed by atoms with van der Waals surface area (Å²) in [5.74, 6) is -24.5. The third kappa shape index (κ3) is 2.88. The SMILES string of the molecule is Cc1cc(N(C)C)cc2[n+]1[B-](c1c(F)c(F)c(F)c(F)c1F)(c1c(F)c(F)c(F)c(F)c1F)C2. The molecule has 1 aliphatic rings. The molecular formula is C21H13BF10N2. The number of aromatic nitrogens is 1. The molecule has 0 radical (unpaired) electrons. The molecule has 0 fully saturated rings. The summed E-state index contributed by atoms with van der Waals surface area (Å²) in [5, 5.41) is 0. The maximum atomic E-state index is 14.9. The normalized spacial score (nSPS) is 14.1. The molecule has 0 saturated carbocycles. The highest BCUT2D eigenvalue weighted by molar-refractivity contribution is 6.96. The van der Waals surface area contributed by atoms with Crippen LogP contribution in [-0.4, -0.2) is 20.4 Å². The molecule has 1 aliphatic heterocycles. The first-order valence-electron chi connectivity index (χ1n) is 9.71. The summed E-state index contributed by atoms with van der Waals surface area (Å²) in [6.07, 6.45) is -4.69. The molecule has 2 aromatic carbocycles. The van der Waals surface area contributed by atoms with Crippen molar-refractivity contribution >= 4 is 22.9 Å². The van der Waals surface area contributed by atoms with Crippen LogP contribution in [-0.2, 0) is 6.32 Å².